The van der Waals surface area contributed by atoms with E-state index in [1.807, 2.05) is 18.2 Å². The van der Waals surface area contributed by atoms with E-state index < -0.39 is 6.04 Å². The molecule has 0 spiro atoms. The summed E-state index contributed by atoms with van der Waals surface area (Å²) in [5.41, 5.74) is 2.95. The molecule has 5 heterocycles. The van der Waals surface area contributed by atoms with Crippen LogP contribution in [0.5, 0.6) is 5.88 Å². The first kappa shape index (κ1) is 22.1. The van der Waals surface area contributed by atoms with Gasteiger partial charge in [0.1, 0.15) is 18.0 Å². The van der Waals surface area contributed by atoms with E-state index in [0.29, 0.717) is 12.4 Å². The van der Waals surface area contributed by atoms with Gasteiger partial charge in [-0.2, -0.15) is 4.98 Å². The van der Waals surface area contributed by atoms with Crippen LogP contribution in [-0.4, -0.2) is 60.3 Å². The molecule has 2 fully saturated rings. The van der Waals surface area contributed by atoms with Gasteiger partial charge in [-0.25, -0.2) is 4.79 Å². The van der Waals surface area contributed by atoms with Crippen LogP contribution in [0.2, 0.25) is 0 Å². The standard InChI is InChI=1S/C25H32N4O4/c1-31-25(30)23(19-7-5-12-26-22(19)20-8-2-3-15-32-20)29-14-11-18(16-29)33-21-10-9-17-6-4-13-27-24(17)28-21/h5,7,9-10,12,18,20,23H,2-4,6,8,11,13-16H2,1H3,(H,27,28)/t18-,20?,23?/m1/s1. The number of fused-ring (bicyclic) bond motifs is 1. The summed E-state index contributed by atoms with van der Waals surface area (Å²) in [6, 6.07) is 7.38. The fraction of sp³-hybridized carbons (Fsp3) is 0.560. The molecule has 2 unspecified atom stereocenters. The first-order valence-corrected chi connectivity index (χ1v) is 12.0. The van der Waals surface area contributed by atoms with Crippen molar-refractivity contribution in [2.75, 3.05) is 38.7 Å². The maximum atomic E-state index is 13.0. The van der Waals surface area contributed by atoms with Crippen LogP contribution in [0.15, 0.2) is 30.5 Å². The molecule has 1 N–H and O–H groups in total. The molecule has 3 atom stereocenters. The second kappa shape index (κ2) is 10.1. The normalized spacial score (nSPS) is 23.9. The van der Waals surface area contributed by atoms with Crippen molar-refractivity contribution in [3.63, 3.8) is 0 Å². The van der Waals surface area contributed by atoms with E-state index in [1.54, 1.807) is 6.20 Å². The van der Waals surface area contributed by atoms with E-state index >= 15 is 0 Å². The number of nitrogens with one attached hydrogen (secondary N) is 1. The van der Waals surface area contributed by atoms with E-state index in [2.05, 4.69) is 26.3 Å². The third kappa shape index (κ3) is 4.82. The lowest BCUT2D eigenvalue weighted by molar-refractivity contribution is -0.147. The highest BCUT2D eigenvalue weighted by atomic mass is 16.5. The van der Waals surface area contributed by atoms with Crippen molar-refractivity contribution in [3.05, 3.63) is 47.3 Å². The summed E-state index contributed by atoms with van der Waals surface area (Å²) in [6.45, 7) is 3.02. The number of carbonyl (C=O) groups is 1. The zero-order valence-corrected chi connectivity index (χ0v) is 19.2. The van der Waals surface area contributed by atoms with Crippen molar-refractivity contribution in [2.24, 2.45) is 0 Å². The summed E-state index contributed by atoms with van der Waals surface area (Å²) in [5, 5.41) is 3.35. The minimum absolute atomic E-state index is 0.0441. The quantitative estimate of drug-likeness (QED) is 0.667. The number of hydrogen-bond acceptors (Lipinski definition) is 8. The summed E-state index contributed by atoms with van der Waals surface area (Å²) in [4.78, 5) is 24.4. The molecule has 0 amide bonds. The first-order chi connectivity index (χ1) is 16.2. The largest absolute Gasteiger partial charge is 0.473 e. The minimum Gasteiger partial charge on any atom is -0.473 e. The van der Waals surface area contributed by atoms with E-state index in [4.69, 9.17) is 14.2 Å². The van der Waals surface area contributed by atoms with Crippen LogP contribution >= 0.6 is 0 Å². The number of carbonyl (C=O) groups excluding carboxylic acids is 1. The van der Waals surface area contributed by atoms with Gasteiger partial charge < -0.3 is 19.5 Å². The fourth-order valence-corrected chi connectivity index (χ4v) is 5.10. The number of ether oxygens (including phenoxy) is 3. The Balaban J connectivity index is 1.33. The monoisotopic (exact) mass is 452 g/mol. The lowest BCUT2D eigenvalue weighted by atomic mass is 9.96. The molecule has 0 aromatic carbocycles. The number of methoxy groups -OCH3 is 1. The molecule has 8 nitrogen and oxygen atoms in total. The molecule has 3 aliphatic rings. The Morgan fingerprint density at radius 2 is 2.18 bits per heavy atom. The Hall–Kier alpha value is -2.71. The Labute approximate surface area is 194 Å². The predicted octanol–water partition coefficient (Wildman–Crippen LogP) is 3.44. The molecular formula is C25H32N4O4. The molecule has 2 aromatic heterocycles. The Morgan fingerprint density at radius 3 is 3.03 bits per heavy atom. The van der Waals surface area contributed by atoms with E-state index in [1.165, 1.54) is 12.7 Å². The maximum Gasteiger partial charge on any atom is 0.327 e. The molecule has 3 aliphatic heterocycles. The number of aryl methyl sites for hydroxylation is 1. The van der Waals surface area contributed by atoms with Crippen molar-refractivity contribution >= 4 is 11.8 Å². The van der Waals surface area contributed by atoms with Crippen LogP contribution in [0.1, 0.15) is 61.1 Å². The number of hydrogen-bond donors (Lipinski definition) is 1. The molecule has 2 saturated heterocycles. The zero-order chi connectivity index (χ0) is 22.6. The highest BCUT2D eigenvalue weighted by Crippen LogP contribution is 2.35. The molecule has 0 aliphatic carbocycles. The van der Waals surface area contributed by atoms with E-state index in [0.717, 1.165) is 75.3 Å². The number of nitrogens with zero attached hydrogens (tertiary/aromatic N) is 3. The summed E-state index contributed by atoms with van der Waals surface area (Å²) >= 11 is 0. The van der Waals surface area contributed by atoms with Crippen LogP contribution in [0, 0.1) is 0 Å². The number of anilines is 1. The third-order valence-corrected chi connectivity index (χ3v) is 6.77. The molecule has 2 aromatic rings. The summed E-state index contributed by atoms with van der Waals surface area (Å²) in [6.07, 6.45) is 7.73. The van der Waals surface area contributed by atoms with E-state index in [9.17, 15) is 4.79 Å². The highest BCUT2D eigenvalue weighted by Gasteiger charge is 2.38. The van der Waals surface area contributed by atoms with Crippen LogP contribution < -0.4 is 10.1 Å². The van der Waals surface area contributed by atoms with Crippen molar-refractivity contribution in [1.29, 1.82) is 0 Å². The van der Waals surface area contributed by atoms with Gasteiger partial charge >= 0.3 is 5.97 Å². The van der Waals surface area contributed by atoms with Gasteiger partial charge in [-0.05, 0) is 56.2 Å². The lowest BCUT2D eigenvalue weighted by Gasteiger charge is -2.30. The van der Waals surface area contributed by atoms with E-state index in [-0.39, 0.29) is 18.2 Å². The first-order valence-electron chi connectivity index (χ1n) is 12.0. The van der Waals surface area contributed by atoms with Crippen LogP contribution in [0.25, 0.3) is 0 Å². The average molecular weight is 453 g/mol. The Kier molecular flexibility index (Phi) is 6.73. The van der Waals surface area contributed by atoms with Gasteiger partial charge in [0.05, 0.1) is 18.9 Å². The smallest absolute Gasteiger partial charge is 0.327 e. The fourth-order valence-electron chi connectivity index (χ4n) is 5.10. The highest BCUT2D eigenvalue weighted by molar-refractivity contribution is 5.78. The summed E-state index contributed by atoms with van der Waals surface area (Å²) in [5.74, 6) is 1.27. The van der Waals surface area contributed by atoms with Crippen molar-refractivity contribution < 1.29 is 19.0 Å². The van der Waals surface area contributed by atoms with Gasteiger partial charge in [0.15, 0.2) is 0 Å². The lowest BCUT2D eigenvalue weighted by Crippen LogP contribution is -2.36. The van der Waals surface area contributed by atoms with Crippen LogP contribution in [0.3, 0.4) is 0 Å². The van der Waals surface area contributed by atoms with Crippen molar-refractivity contribution in [3.8, 4) is 5.88 Å². The summed E-state index contributed by atoms with van der Waals surface area (Å²) in [7, 11) is 1.44. The minimum atomic E-state index is -0.531. The molecule has 0 saturated carbocycles. The van der Waals surface area contributed by atoms with Gasteiger partial charge in [-0.3, -0.25) is 9.88 Å². The molecular weight excluding hydrogens is 420 g/mol. The van der Waals surface area contributed by atoms with Crippen molar-refractivity contribution in [1.82, 2.24) is 14.9 Å². The number of esters is 1. The topological polar surface area (TPSA) is 85.8 Å². The molecule has 0 bridgehead atoms. The van der Waals surface area contributed by atoms with Gasteiger partial charge in [-0.1, -0.05) is 6.07 Å². The number of aromatic nitrogens is 2. The van der Waals surface area contributed by atoms with Gasteiger partial charge in [-0.15, -0.1) is 0 Å². The second-order valence-electron chi connectivity index (χ2n) is 8.97. The number of pyridine rings is 2. The number of rotatable bonds is 6. The second-order valence-corrected chi connectivity index (χ2v) is 8.97. The zero-order valence-electron chi connectivity index (χ0n) is 19.2. The molecule has 0 radical (unpaired) electrons. The molecule has 8 heteroatoms. The number of likely N-dealkylation sites (tertiary alicyclic amines) is 1. The Bertz CT molecular complexity index is 979. The third-order valence-electron chi connectivity index (χ3n) is 6.77. The summed E-state index contributed by atoms with van der Waals surface area (Å²) < 4.78 is 17.5. The molecule has 33 heavy (non-hydrogen) atoms. The molecule has 5 rings (SSSR count). The van der Waals surface area contributed by atoms with Crippen LogP contribution in [0.4, 0.5) is 5.82 Å². The maximum absolute atomic E-state index is 13.0. The Morgan fingerprint density at radius 1 is 1.24 bits per heavy atom. The SMILES string of the molecule is COC(=O)C(c1cccnc1C1CCCCO1)N1CC[C@@H](Oc2ccc3c(n2)NCCC3)C1. The van der Waals surface area contributed by atoms with Crippen molar-refractivity contribution in [2.45, 2.75) is 56.8 Å². The van der Waals surface area contributed by atoms with Gasteiger partial charge in [0.2, 0.25) is 5.88 Å². The van der Waals surface area contributed by atoms with Gasteiger partial charge in [0, 0.05) is 44.1 Å². The van der Waals surface area contributed by atoms with Gasteiger partial charge in [0.25, 0.3) is 0 Å². The van der Waals surface area contributed by atoms with Crippen LogP contribution in [-0.2, 0) is 20.7 Å². The average Bonchev–Trinajstić information content (AvgIpc) is 3.32. The predicted molar refractivity (Wildman–Crippen MR) is 123 cm³/mol. The molecule has 176 valence electrons.